The number of para-hydroxylation sites is 1. The fourth-order valence-corrected chi connectivity index (χ4v) is 3.43. The standard InChI is InChI=1S/C14H19N/c1-2-4-14(5-3-1)15-10-13-9-11-6-7-12(13)8-11/h1-5,11-13,15H,6-10H2/t11-,12+,13-/m0/s1. The molecule has 0 saturated heterocycles. The van der Waals surface area contributed by atoms with Gasteiger partial charge in [-0.1, -0.05) is 24.6 Å². The molecule has 0 aromatic heterocycles. The smallest absolute Gasteiger partial charge is 0.0340 e. The van der Waals surface area contributed by atoms with Gasteiger partial charge in [-0.3, -0.25) is 0 Å². The predicted octanol–water partition coefficient (Wildman–Crippen LogP) is 3.53. The van der Waals surface area contributed by atoms with Crippen molar-refractivity contribution in [3.8, 4) is 0 Å². The molecule has 3 atom stereocenters. The number of anilines is 1. The molecule has 2 bridgehead atoms. The van der Waals surface area contributed by atoms with Gasteiger partial charge in [-0.05, 0) is 49.1 Å². The first-order valence-electron chi connectivity index (χ1n) is 6.21. The third-order valence-electron chi connectivity index (χ3n) is 4.23. The molecular weight excluding hydrogens is 182 g/mol. The minimum Gasteiger partial charge on any atom is -0.385 e. The van der Waals surface area contributed by atoms with Gasteiger partial charge >= 0.3 is 0 Å². The Morgan fingerprint density at radius 2 is 1.93 bits per heavy atom. The molecule has 3 rings (SSSR count). The third-order valence-corrected chi connectivity index (χ3v) is 4.23. The molecule has 1 aromatic carbocycles. The Bertz CT molecular complexity index is 319. The van der Waals surface area contributed by atoms with E-state index >= 15 is 0 Å². The molecule has 1 N–H and O–H groups in total. The van der Waals surface area contributed by atoms with Crippen molar-refractivity contribution in [2.75, 3.05) is 11.9 Å². The van der Waals surface area contributed by atoms with Crippen molar-refractivity contribution >= 4 is 5.69 Å². The van der Waals surface area contributed by atoms with Gasteiger partial charge in [-0.25, -0.2) is 0 Å². The summed E-state index contributed by atoms with van der Waals surface area (Å²) in [6.07, 6.45) is 5.99. The number of nitrogens with one attached hydrogen (secondary N) is 1. The van der Waals surface area contributed by atoms with Gasteiger partial charge in [0.15, 0.2) is 0 Å². The van der Waals surface area contributed by atoms with Gasteiger partial charge in [0.1, 0.15) is 0 Å². The molecule has 1 heteroatoms. The summed E-state index contributed by atoms with van der Waals surface area (Å²) in [7, 11) is 0. The van der Waals surface area contributed by atoms with E-state index in [1.165, 1.54) is 37.9 Å². The normalized spacial score (nSPS) is 33.2. The molecule has 15 heavy (non-hydrogen) atoms. The largest absolute Gasteiger partial charge is 0.385 e. The first-order chi connectivity index (χ1) is 7.42. The highest BCUT2D eigenvalue weighted by Gasteiger charge is 2.38. The van der Waals surface area contributed by atoms with Gasteiger partial charge in [-0.2, -0.15) is 0 Å². The van der Waals surface area contributed by atoms with Crippen LogP contribution < -0.4 is 5.32 Å². The first kappa shape index (κ1) is 9.26. The number of hydrogen-bond donors (Lipinski definition) is 1. The topological polar surface area (TPSA) is 12.0 Å². The molecule has 1 aromatic rings. The van der Waals surface area contributed by atoms with Gasteiger partial charge in [0, 0.05) is 12.2 Å². The van der Waals surface area contributed by atoms with Crippen molar-refractivity contribution in [3.63, 3.8) is 0 Å². The lowest BCUT2D eigenvalue weighted by Crippen LogP contribution is -2.19. The van der Waals surface area contributed by atoms with Crippen molar-refractivity contribution in [1.29, 1.82) is 0 Å². The van der Waals surface area contributed by atoms with Gasteiger partial charge in [-0.15, -0.1) is 0 Å². The Kier molecular flexibility index (Phi) is 2.40. The zero-order valence-corrected chi connectivity index (χ0v) is 9.15. The van der Waals surface area contributed by atoms with E-state index in [2.05, 4.69) is 35.6 Å². The van der Waals surface area contributed by atoms with Crippen LogP contribution in [0.5, 0.6) is 0 Å². The Morgan fingerprint density at radius 1 is 1.07 bits per heavy atom. The molecule has 0 heterocycles. The second kappa shape index (κ2) is 3.88. The number of hydrogen-bond acceptors (Lipinski definition) is 1. The molecule has 0 aliphatic heterocycles. The number of rotatable bonds is 3. The lowest BCUT2D eigenvalue weighted by Gasteiger charge is -2.22. The molecule has 1 nitrogen and oxygen atoms in total. The van der Waals surface area contributed by atoms with Gasteiger partial charge in [0.05, 0.1) is 0 Å². The maximum absolute atomic E-state index is 3.57. The van der Waals surface area contributed by atoms with Crippen LogP contribution >= 0.6 is 0 Å². The minimum atomic E-state index is 0.948. The Balaban J connectivity index is 1.55. The fourth-order valence-electron chi connectivity index (χ4n) is 3.43. The van der Waals surface area contributed by atoms with Crippen LogP contribution in [0.4, 0.5) is 5.69 Å². The fraction of sp³-hybridized carbons (Fsp3) is 0.571. The maximum atomic E-state index is 3.57. The Hall–Kier alpha value is -0.980. The quantitative estimate of drug-likeness (QED) is 0.788. The molecule has 2 fully saturated rings. The summed E-state index contributed by atoms with van der Waals surface area (Å²) in [5.41, 5.74) is 1.28. The zero-order valence-electron chi connectivity index (χ0n) is 9.15. The summed E-state index contributed by atoms with van der Waals surface area (Å²) in [5.74, 6) is 3.05. The predicted molar refractivity (Wildman–Crippen MR) is 63.9 cm³/mol. The Morgan fingerprint density at radius 3 is 2.60 bits per heavy atom. The molecule has 0 radical (unpaired) electrons. The van der Waals surface area contributed by atoms with Crippen LogP contribution in [0.3, 0.4) is 0 Å². The zero-order chi connectivity index (χ0) is 10.1. The highest BCUT2D eigenvalue weighted by Crippen LogP contribution is 2.48. The molecule has 2 aliphatic carbocycles. The van der Waals surface area contributed by atoms with E-state index in [0.717, 1.165) is 17.8 Å². The molecule has 2 aliphatic rings. The number of fused-ring (bicyclic) bond motifs is 2. The summed E-state index contributed by atoms with van der Waals surface area (Å²) in [6, 6.07) is 10.6. The van der Waals surface area contributed by atoms with Crippen LogP contribution in [0.25, 0.3) is 0 Å². The van der Waals surface area contributed by atoms with Gasteiger partial charge < -0.3 is 5.32 Å². The molecule has 0 unspecified atom stereocenters. The van der Waals surface area contributed by atoms with Crippen LogP contribution in [0.2, 0.25) is 0 Å². The molecule has 80 valence electrons. The lowest BCUT2D eigenvalue weighted by atomic mass is 9.89. The van der Waals surface area contributed by atoms with Gasteiger partial charge in [0.2, 0.25) is 0 Å². The maximum Gasteiger partial charge on any atom is 0.0340 e. The average molecular weight is 201 g/mol. The molecule has 0 spiro atoms. The van der Waals surface area contributed by atoms with Gasteiger partial charge in [0.25, 0.3) is 0 Å². The monoisotopic (exact) mass is 201 g/mol. The van der Waals surface area contributed by atoms with E-state index in [0.29, 0.717) is 0 Å². The average Bonchev–Trinajstić information content (AvgIpc) is 2.89. The van der Waals surface area contributed by atoms with E-state index in [1.54, 1.807) is 0 Å². The van der Waals surface area contributed by atoms with E-state index in [-0.39, 0.29) is 0 Å². The van der Waals surface area contributed by atoms with Crippen LogP contribution in [-0.2, 0) is 0 Å². The van der Waals surface area contributed by atoms with E-state index in [1.807, 2.05) is 0 Å². The highest BCUT2D eigenvalue weighted by molar-refractivity contribution is 5.42. The van der Waals surface area contributed by atoms with E-state index in [4.69, 9.17) is 0 Å². The SMILES string of the molecule is c1ccc(NC[C@@H]2C[C@H]3CC[C@@H]2C3)cc1. The summed E-state index contributed by atoms with van der Waals surface area (Å²) in [6.45, 7) is 1.19. The van der Waals surface area contributed by atoms with Crippen LogP contribution in [0.1, 0.15) is 25.7 Å². The van der Waals surface area contributed by atoms with Crippen molar-refractivity contribution in [2.24, 2.45) is 17.8 Å². The summed E-state index contributed by atoms with van der Waals surface area (Å²) in [5, 5.41) is 3.57. The van der Waals surface area contributed by atoms with Crippen LogP contribution in [0, 0.1) is 17.8 Å². The lowest BCUT2D eigenvalue weighted by molar-refractivity contribution is 0.348. The second-order valence-corrected chi connectivity index (χ2v) is 5.18. The summed E-state index contributed by atoms with van der Waals surface area (Å²) < 4.78 is 0. The van der Waals surface area contributed by atoms with E-state index < -0.39 is 0 Å². The van der Waals surface area contributed by atoms with Crippen molar-refractivity contribution in [3.05, 3.63) is 30.3 Å². The molecule has 2 saturated carbocycles. The molecular formula is C14H19N. The van der Waals surface area contributed by atoms with Crippen molar-refractivity contribution < 1.29 is 0 Å². The summed E-state index contributed by atoms with van der Waals surface area (Å²) >= 11 is 0. The first-order valence-corrected chi connectivity index (χ1v) is 6.21. The number of benzene rings is 1. The molecule has 0 amide bonds. The van der Waals surface area contributed by atoms with Crippen molar-refractivity contribution in [1.82, 2.24) is 0 Å². The van der Waals surface area contributed by atoms with E-state index in [9.17, 15) is 0 Å². The van der Waals surface area contributed by atoms with Crippen LogP contribution in [0.15, 0.2) is 30.3 Å². The highest BCUT2D eigenvalue weighted by atomic mass is 14.9. The minimum absolute atomic E-state index is 0.948. The summed E-state index contributed by atoms with van der Waals surface area (Å²) in [4.78, 5) is 0. The second-order valence-electron chi connectivity index (χ2n) is 5.18. The van der Waals surface area contributed by atoms with Crippen LogP contribution in [-0.4, -0.2) is 6.54 Å². The van der Waals surface area contributed by atoms with Crippen molar-refractivity contribution in [2.45, 2.75) is 25.7 Å². The third kappa shape index (κ3) is 1.88. The Labute approximate surface area is 91.9 Å².